The molecule has 1 unspecified atom stereocenters. The summed E-state index contributed by atoms with van der Waals surface area (Å²) in [5.74, 6) is 3.72. The normalized spacial score (nSPS) is 22.7. The average molecular weight is 399 g/mol. The van der Waals surface area contributed by atoms with E-state index in [0.29, 0.717) is 17.4 Å². The number of thioether (sulfide) groups is 1. The van der Waals surface area contributed by atoms with E-state index >= 15 is 0 Å². The standard InChI is InChI=1S/C19H30N2O3S2/c1-14-10-18(11-15(2)19(14)24-3)26(22,23)20-12-16-4-7-21(8-5-16)17-6-9-25-13-17/h10-11,16-17,20H,4-9,12-13H2,1-3H3. The summed E-state index contributed by atoms with van der Waals surface area (Å²) < 4.78 is 33.5. The number of likely N-dealkylation sites (tertiary alicyclic amines) is 1. The summed E-state index contributed by atoms with van der Waals surface area (Å²) in [7, 11) is -1.87. The quantitative estimate of drug-likeness (QED) is 0.798. The highest BCUT2D eigenvalue weighted by molar-refractivity contribution is 7.99. The number of piperidine rings is 1. The maximum atomic E-state index is 12.7. The summed E-state index contributed by atoms with van der Waals surface area (Å²) >= 11 is 2.05. The van der Waals surface area contributed by atoms with Gasteiger partial charge in [0.05, 0.1) is 12.0 Å². The molecule has 1 N–H and O–H groups in total. The van der Waals surface area contributed by atoms with Gasteiger partial charge in [-0.25, -0.2) is 13.1 Å². The predicted molar refractivity (Wildman–Crippen MR) is 108 cm³/mol. The van der Waals surface area contributed by atoms with Gasteiger partial charge >= 0.3 is 0 Å². The second-order valence-corrected chi connectivity index (χ2v) is 10.4. The van der Waals surface area contributed by atoms with Crippen LogP contribution in [0.4, 0.5) is 0 Å². The second kappa shape index (κ2) is 8.50. The zero-order valence-corrected chi connectivity index (χ0v) is 17.6. The van der Waals surface area contributed by atoms with Gasteiger partial charge in [-0.05, 0) is 81.1 Å². The molecule has 2 aliphatic heterocycles. The zero-order chi connectivity index (χ0) is 18.7. The number of hydrogen-bond acceptors (Lipinski definition) is 5. The molecule has 2 fully saturated rings. The Labute approximate surface area is 161 Å². The Morgan fingerprint density at radius 3 is 2.38 bits per heavy atom. The lowest BCUT2D eigenvalue weighted by Gasteiger charge is -2.35. The molecule has 2 heterocycles. The van der Waals surface area contributed by atoms with E-state index in [2.05, 4.69) is 21.4 Å². The van der Waals surface area contributed by atoms with Gasteiger partial charge in [-0.3, -0.25) is 4.90 Å². The number of ether oxygens (including phenoxy) is 1. The minimum atomic E-state index is -3.48. The zero-order valence-electron chi connectivity index (χ0n) is 16.0. The largest absolute Gasteiger partial charge is 0.496 e. The van der Waals surface area contributed by atoms with Crippen LogP contribution < -0.4 is 9.46 Å². The van der Waals surface area contributed by atoms with Crippen LogP contribution in [0, 0.1) is 19.8 Å². The number of rotatable bonds is 6. The molecule has 0 saturated carbocycles. The number of nitrogens with one attached hydrogen (secondary N) is 1. The van der Waals surface area contributed by atoms with Crippen LogP contribution in [0.1, 0.15) is 30.4 Å². The molecular formula is C19H30N2O3S2. The number of hydrogen-bond donors (Lipinski definition) is 1. The monoisotopic (exact) mass is 398 g/mol. The van der Waals surface area contributed by atoms with E-state index in [0.717, 1.165) is 48.8 Å². The van der Waals surface area contributed by atoms with E-state index in [1.807, 2.05) is 13.8 Å². The van der Waals surface area contributed by atoms with E-state index < -0.39 is 10.0 Å². The Morgan fingerprint density at radius 1 is 1.19 bits per heavy atom. The minimum absolute atomic E-state index is 0.328. The van der Waals surface area contributed by atoms with Crippen molar-refractivity contribution in [2.24, 2.45) is 5.92 Å². The third-order valence-electron chi connectivity index (χ3n) is 5.58. The first-order valence-electron chi connectivity index (χ1n) is 9.37. The third-order valence-corrected chi connectivity index (χ3v) is 8.13. The first kappa shape index (κ1) is 20.0. The second-order valence-electron chi connectivity index (χ2n) is 7.44. The first-order chi connectivity index (χ1) is 12.4. The number of aryl methyl sites for hydroxylation is 2. The van der Waals surface area contributed by atoms with Gasteiger partial charge in [0.2, 0.25) is 10.0 Å². The lowest BCUT2D eigenvalue weighted by Crippen LogP contribution is -2.43. The van der Waals surface area contributed by atoms with E-state index in [9.17, 15) is 8.42 Å². The van der Waals surface area contributed by atoms with Crippen molar-refractivity contribution < 1.29 is 13.2 Å². The molecule has 26 heavy (non-hydrogen) atoms. The highest BCUT2D eigenvalue weighted by Crippen LogP contribution is 2.28. The average Bonchev–Trinajstić information content (AvgIpc) is 3.15. The number of benzene rings is 1. The van der Waals surface area contributed by atoms with Gasteiger partial charge in [0.1, 0.15) is 5.75 Å². The molecule has 2 aliphatic rings. The molecule has 7 heteroatoms. The number of nitrogens with zero attached hydrogens (tertiary/aromatic N) is 1. The van der Waals surface area contributed by atoms with Crippen LogP contribution in [-0.2, 0) is 10.0 Å². The molecule has 1 aromatic rings. The summed E-state index contributed by atoms with van der Waals surface area (Å²) in [6, 6.07) is 4.12. The highest BCUT2D eigenvalue weighted by atomic mass is 32.2. The smallest absolute Gasteiger partial charge is 0.240 e. The first-order valence-corrected chi connectivity index (χ1v) is 12.0. The topological polar surface area (TPSA) is 58.6 Å². The van der Waals surface area contributed by atoms with Gasteiger partial charge in [-0.2, -0.15) is 11.8 Å². The van der Waals surface area contributed by atoms with Gasteiger partial charge in [-0.15, -0.1) is 0 Å². The summed E-state index contributed by atoms with van der Waals surface area (Å²) in [6.07, 6.45) is 3.45. The molecule has 0 aromatic heterocycles. The fourth-order valence-electron chi connectivity index (χ4n) is 4.03. The van der Waals surface area contributed by atoms with Gasteiger partial charge in [0, 0.05) is 18.3 Å². The van der Waals surface area contributed by atoms with Gasteiger partial charge < -0.3 is 4.74 Å². The Morgan fingerprint density at radius 2 is 1.85 bits per heavy atom. The van der Waals surface area contributed by atoms with E-state index in [4.69, 9.17) is 4.74 Å². The highest BCUT2D eigenvalue weighted by Gasteiger charge is 2.28. The van der Waals surface area contributed by atoms with Gasteiger partial charge in [0.15, 0.2) is 0 Å². The van der Waals surface area contributed by atoms with Crippen LogP contribution in [0.15, 0.2) is 17.0 Å². The Kier molecular flexibility index (Phi) is 6.54. The van der Waals surface area contributed by atoms with Crippen molar-refractivity contribution in [2.75, 3.05) is 38.2 Å². The Balaban J connectivity index is 1.56. The van der Waals surface area contributed by atoms with Crippen molar-refractivity contribution in [1.29, 1.82) is 0 Å². The van der Waals surface area contributed by atoms with Crippen molar-refractivity contribution in [2.45, 2.75) is 44.0 Å². The predicted octanol–water partition coefficient (Wildman–Crippen LogP) is 2.81. The van der Waals surface area contributed by atoms with Crippen LogP contribution in [0.25, 0.3) is 0 Å². The molecule has 3 rings (SSSR count). The summed E-state index contributed by atoms with van der Waals surface area (Å²) in [5, 5.41) is 0. The van der Waals surface area contributed by atoms with Crippen molar-refractivity contribution in [3.05, 3.63) is 23.3 Å². The molecule has 2 saturated heterocycles. The van der Waals surface area contributed by atoms with Crippen LogP contribution in [0.3, 0.4) is 0 Å². The minimum Gasteiger partial charge on any atom is -0.496 e. The fraction of sp³-hybridized carbons (Fsp3) is 0.684. The van der Waals surface area contributed by atoms with Crippen molar-refractivity contribution in [3.63, 3.8) is 0 Å². The van der Waals surface area contributed by atoms with E-state index in [-0.39, 0.29) is 0 Å². The Bertz CT molecular complexity index is 699. The maximum absolute atomic E-state index is 12.7. The van der Waals surface area contributed by atoms with Gasteiger partial charge in [-0.1, -0.05) is 0 Å². The lowest BCUT2D eigenvalue weighted by molar-refractivity contribution is 0.145. The summed E-state index contributed by atoms with van der Waals surface area (Å²) in [4.78, 5) is 2.93. The van der Waals surface area contributed by atoms with Crippen LogP contribution >= 0.6 is 11.8 Å². The molecule has 0 radical (unpaired) electrons. The van der Waals surface area contributed by atoms with Crippen LogP contribution in [0.5, 0.6) is 5.75 Å². The molecule has 1 aromatic carbocycles. The number of sulfonamides is 1. The fourth-order valence-corrected chi connectivity index (χ4v) is 6.57. The molecule has 1 atom stereocenters. The number of methoxy groups -OCH3 is 1. The molecule has 5 nitrogen and oxygen atoms in total. The van der Waals surface area contributed by atoms with Crippen molar-refractivity contribution >= 4 is 21.8 Å². The molecule has 0 bridgehead atoms. The van der Waals surface area contributed by atoms with E-state index in [1.54, 1.807) is 19.2 Å². The molecular weight excluding hydrogens is 368 g/mol. The van der Waals surface area contributed by atoms with E-state index in [1.165, 1.54) is 17.9 Å². The SMILES string of the molecule is COc1c(C)cc(S(=O)(=O)NCC2CCN(C3CCSC3)CC2)cc1C. The third kappa shape index (κ3) is 4.55. The Hall–Kier alpha value is -0.760. The van der Waals surface area contributed by atoms with Crippen molar-refractivity contribution in [1.82, 2.24) is 9.62 Å². The molecule has 0 spiro atoms. The summed E-state index contributed by atoms with van der Waals surface area (Å²) in [5.41, 5.74) is 1.69. The molecule has 0 amide bonds. The van der Waals surface area contributed by atoms with Gasteiger partial charge in [0.25, 0.3) is 0 Å². The maximum Gasteiger partial charge on any atom is 0.240 e. The van der Waals surface area contributed by atoms with Crippen LogP contribution in [0.2, 0.25) is 0 Å². The summed E-state index contributed by atoms with van der Waals surface area (Å²) in [6.45, 7) is 6.47. The molecule has 146 valence electrons. The van der Waals surface area contributed by atoms with Crippen LogP contribution in [-0.4, -0.2) is 57.6 Å². The van der Waals surface area contributed by atoms with Crippen molar-refractivity contribution in [3.8, 4) is 5.75 Å². The lowest BCUT2D eigenvalue weighted by atomic mass is 9.96. The molecule has 0 aliphatic carbocycles.